The van der Waals surface area contributed by atoms with Gasteiger partial charge in [-0.25, -0.2) is 0 Å². The Morgan fingerprint density at radius 1 is 0.966 bits per heavy atom. The van der Waals surface area contributed by atoms with E-state index in [0.29, 0.717) is 24.9 Å². The zero-order chi connectivity index (χ0) is 19.9. The van der Waals surface area contributed by atoms with Crippen LogP contribution in [0.1, 0.15) is 54.6 Å². The molecule has 3 heterocycles. The lowest BCUT2D eigenvalue weighted by Gasteiger charge is -2.36. The Labute approximate surface area is 174 Å². The predicted molar refractivity (Wildman–Crippen MR) is 115 cm³/mol. The van der Waals surface area contributed by atoms with Gasteiger partial charge in [-0.15, -0.1) is 0 Å². The highest BCUT2D eigenvalue weighted by molar-refractivity contribution is 5.92. The highest BCUT2D eigenvalue weighted by Crippen LogP contribution is 2.23. The van der Waals surface area contributed by atoms with E-state index in [4.69, 9.17) is 4.74 Å². The fourth-order valence-corrected chi connectivity index (χ4v) is 4.65. The predicted octanol–water partition coefficient (Wildman–Crippen LogP) is 4.12. The summed E-state index contributed by atoms with van der Waals surface area (Å²) in [7, 11) is 0. The molecule has 2 aliphatic rings. The number of rotatable bonds is 1. The molecule has 5 nitrogen and oxygen atoms in total. The van der Waals surface area contributed by atoms with Crippen molar-refractivity contribution in [3.8, 4) is 5.75 Å². The van der Waals surface area contributed by atoms with Gasteiger partial charge >= 0.3 is 0 Å². The number of piperidine rings is 1. The molecule has 0 radical (unpaired) electrons. The lowest BCUT2D eigenvalue weighted by atomic mass is 9.95. The molecule has 156 valence electrons. The van der Waals surface area contributed by atoms with Gasteiger partial charge in [-0.3, -0.25) is 4.79 Å². The summed E-state index contributed by atoms with van der Waals surface area (Å²) >= 11 is 0. The van der Waals surface area contributed by atoms with Crippen molar-refractivity contribution in [3.05, 3.63) is 53.9 Å². The summed E-state index contributed by atoms with van der Waals surface area (Å²) in [4.78, 5) is 20.6. The van der Waals surface area contributed by atoms with Crippen LogP contribution in [0.4, 0.5) is 0 Å². The van der Waals surface area contributed by atoms with Crippen molar-refractivity contribution < 1.29 is 9.53 Å². The summed E-state index contributed by atoms with van der Waals surface area (Å²) in [6.45, 7) is 4.27. The number of fused-ring (bicyclic) bond motifs is 3. The highest BCUT2D eigenvalue weighted by atomic mass is 16.5. The largest absolute Gasteiger partial charge is 0.492 e. The van der Waals surface area contributed by atoms with E-state index in [0.717, 1.165) is 38.1 Å². The summed E-state index contributed by atoms with van der Waals surface area (Å²) in [5.41, 5.74) is 2.00. The molecule has 1 aromatic heterocycles. The summed E-state index contributed by atoms with van der Waals surface area (Å²) in [6, 6.07) is 12.9. The Morgan fingerprint density at radius 2 is 1.83 bits per heavy atom. The maximum Gasteiger partial charge on any atom is 0.270 e. The SMILES string of the molecule is O=C(c1ccc[nH]1)N1CCCCN2CCCCC2CCc2cccc(c2)OCC1. The van der Waals surface area contributed by atoms with Crippen molar-refractivity contribution in [2.24, 2.45) is 0 Å². The zero-order valence-corrected chi connectivity index (χ0v) is 17.3. The van der Waals surface area contributed by atoms with Crippen LogP contribution in [0.15, 0.2) is 42.6 Å². The number of nitrogens with zero attached hydrogens (tertiary/aromatic N) is 2. The number of amides is 1. The maximum absolute atomic E-state index is 12.9. The molecular weight excluding hydrogens is 362 g/mol. The molecule has 1 fully saturated rings. The van der Waals surface area contributed by atoms with E-state index >= 15 is 0 Å². The molecule has 0 spiro atoms. The number of aryl methyl sites for hydroxylation is 1. The monoisotopic (exact) mass is 395 g/mol. The van der Waals surface area contributed by atoms with E-state index < -0.39 is 0 Å². The van der Waals surface area contributed by atoms with Crippen LogP contribution >= 0.6 is 0 Å². The average Bonchev–Trinajstić information content (AvgIpc) is 3.29. The third-order valence-electron chi connectivity index (χ3n) is 6.28. The van der Waals surface area contributed by atoms with Gasteiger partial charge in [0.2, 0.25) is 0 Å². The van der Waals surface area contributed by atoms with Gasteiger partial charge in [-0.2, -0.15) is 0 Å². The maximum atomic E-state index is 12.9. The van der Waals surface area contributed by atoms with Crippen LogP contribution in [0.25, 0.3) is 0 Å². The van der Waals surface area contributed by atoms with Crippen LogP contribution in [0.2, 0.25) is 0 Å². The van der Waals surface area contributed by atoms with Crippen LogP contribution in [0.5, 0.6) is 5.75 Å². The molecule has 2 bridgehead atoms. The smallest absolute Gasteiger partial charge is 0.270 e. The molecule has 5 heteroatoms. The highest BCUT2D eigenvalue weighted by Gasteiger charge is 2.22. The second-order valence-corrected chi connectivity index (χ2v) is 8.30. The lowest BCUT2D eigenvalue weighted by Crippen LogP contribution is -2.40. The molecular formula is C24H33N3O2. The summed E-state index contributed by atoms with van der Waals surface area (Å²) in [6.07, 6.45) is 10.3. The van der Waals surface area contributed by atoms with E-state index in [1.165, 1.54) is 37.8 Å². The first-order chi connectivity index (χ1) is 14.3. The molecule has 0 aliphatic carbocycles. The molecule has 1 amide bonds. The normalized spacial score (nSPS) is 22.1. The first-order valence-corrected chi connectivity index (χ1v) is 11.2. The van der Waals surface area contributed by atoms with Crippen LogP contribution in [0, 0.1) is 0 Å². The quantitative estimate of drug-likeness (QED) is 0.790. The Balaban J connectivity index is 1.47. The van der Waals surface area contributed by atoms with Crippen molar-refractivity contribution >= 4 is 5.91 Å². The van der Waals surface area contributed by atoms with Crippen LogP contribution < -0.4 is 4.74 Å². The topological polar surface area (TPSA) is 48.6 Å². The molecule has 1 N–H and O–H groups in total. The number of hydrogen-bond donors (Lipinski definition) is 1. The molecule has 29 heavy (non-hydrogen) atoms. The van der Waals surface area contributed by atoms with Gasteiger partial charge in [-0.1, -0.05) is 18.6 Å². The lowest BCUT2D eigenvalue weighted by molar-refractivity contribution is 0.0716. The van der Waals surface area contributed by atoms with Crippen LogP contribution in [0.3, 0.4) is 0 Å². The van der Waals surface area contributed by atoms with Gasteiger partial charge in [0.25, 0.3) is 5.91 Å². The number of ether oxygens (including phenoxy) is 1. The molecule has 4 rings (SSSR count). The average molecular weight is 396 g/mol. The molecule has 1 aromatic carbocycles. The minimum absolute atomic E-state index is 0.0625. The van der Waals surface area contributed by atoms with Gasteiger partial charge in [0, 0.05) is 18.8 Å². The number of aromatic amines is 1. The Kier molecular flexibility index (Phi) is 6.88. The van der Waals surface area contributed by atoms with E-state index in [-0.39, 0.29) is 5.91 Å². The Morgan fingerprint density at radius 3 is 2.69 bits per heavy atom. The molecule has 1 atom stereocenters. The number of nitrogens with one attached hydrogen (secondary N) is 1. The zero-order valence-electron chi connectivity index (χ0n) is 17.3. The second-order valence-electron chi connectivity index (χ2n) is 8.30. The summed E-state index contributed by atoms with van der Waals surface area (Å²) in [5, 5.41) is 0. The molecule has 2 aliphatic heterocycles. The standard InChI is InChI=1S/C24H33N3O2/c28-24(23-10-6-13-25-23)27-16-4-3-15-26-14-2-1-8-21(26)12-11-20-7-5-9-22(19-20)29-18-17-27/h5-7,9-10,13,19,21,25H,1-4,8,11-12,14-18H2. The first kappa shape index (κ1) is 20.0. The minimum Gasteiger partial charge on any atom is -0.492 e. The number of H-pyrrole nitrogens is 1. The van der Waals surface area contributed by atoms with Crippen molar-refractivity contribution in [2.45, 2.75) is 51.0 Å². The van der Waals surface area contributed by atoms with Gasteiger partial charge in [-0.05, 0) is 81.4 Å². The van der Waals surface area contributed by atoms with Gasteiger partial charge in [0.15, 0.2) is 0 Å². The molecule has 1 unspecified atom stereocenters. The Bertz CT molecular complexity index is 774. The number of aromatic nitrogens is 1. The summed E-state index contributed by atoms with van der Waals surface area (Å²) in [5.74, 6) is 0.970. The summed E-state index contributed by atoms with van der Waals surface area (Å²) < 4.78 is 6.01. The number of benzene rings is 1. The minimum atomic E-state index is 0.0625. The number of carbonyl (C=O) groups is 1. The number of hydrogen-bond acceptors (Lipinski definition) is 3. The Hall–Kier alpha value is -2.27. The van der Waals surface area contributed by atoms with Gasteiger partial charge in [0.05, 0.1) is 6.54 Å². The first-order valence-electron chi connectivity index (χ1n) is 11.2. The second kappa shape index (κ2) is 9.97. The fourth-order valence-electron chi connectivity index (χ4n) is 4.65. The van der Waals surface area contributed by atoms with E-state index in [9.17, 15) is 4.79 Å². The van der Waals surface area contributed by atoms with E-state index in [1.54, 1.807) is 6.20 Å². The van der Waals surface area contributed by atoms with Crippen molar-refractivity contribution in [1.29, 1.82) is 0 Å². The third kappa shape index (κ3) is 5.41. The third-order valence-corrected chi connectivity index (χ3v) is 6.28. The molecule has 2 aromatic rings. The van der Waals surface area contributed by atoms with Gasteiger partial charge in [0.1, 0.15) is 18.1 Å². The van der Waals surface area contributed by atoms with Crippen LogP contribution in [-0.4, -0.2) is 59.5 Å². The molecule has 1 saturated heterocycles. The number of carbonyl (C=O) groups excluding carboxylic acids is 1. The van der Waals surface area contributed by atoms with Crippen molar-refractivity contribution in [1.82, 2.24) is 14.8 Å². The fraction of sp³-hybridized carbons (Fsp3) is 0.542. The van der Waals surface area contributed by atoms with Crippen molar-refractivity contribution in [3.63, 3.8) is 0 Å². The molecule has 0 saturated carbocycles. The van der Waals surface area contributed by atoms with E-state index in [1.807, 2.05) is 23.1 Å². The van der Waals surface area contributed by atoms with Crippen LogP contribution in [-0.2, 0) is 6.42 Å². The van der Waals surface area contributed by atoms with Crippen molar-refractivity contribution in [2.75, 3.05) is 32.8 Å². The van der Waals surface area contributed by atoms with E-state index in [2.05, 4.69) is 28.1 Å². The van der Waals surface area contributed by atoms with Gasteiger partial charge < -0.3 is 19.5 Å².